The normalized spacial score (nSPS) is 20.0. The number of benzene rings is 1. The maximum absolute atomic E-state index is 12.0. The quantitative estimate of drug-likeness (QED) is 0.668. The van der Waals surface area contributed by atoms with Crippen molar-refractivity contribution in [1.29, 1.82) is 0 Å². The Balaban J connectivity index is 2.10. The fourth-order valence-electron chi connectivity index (χ4n) is 2.93. The second-order valence-corrected chi connectivity index (χ2v) is 7.17. The van der Waals surface area contributed by atoms with Crippen LogP contribution in [0.2, 0.25) is 5.02 Å². The first-order chi connectivity index (χ1) is 9.69. The van der Waals surface area contributed by atoms with Crippen LogP contribution in [0.1, 0.15) is 50.9 Å². The molecule has 5 heteroatoms. The van der Waals surface area contributed by atoms with Gasteiger partial charge < -0.3 is 10.2 Å². The first kappa shape index (κ1) is 16.0. The molecule has 1 fully saturated rings. The smallest absolute Gasteiger partial charge is 0.313 e. The highest BCUT2D eigenvalue weighted by molar-refractivity contribution is 6.33. The number of rotatable bonds is 2. The Morgan fingerprint density at radius 2 is 1.76 bits per heavy atom. The molecule has 0 atom stereocenters. The van der Waals surface area contributed by atoms with E-state index in [1.165, 1.54) is 0 Å². The van der Waals surface area contributed by atoms with Gasteiger partial charge in [-0.25, -0.2) is 4.79 Å². The van der Waals surface area contributed by atoms with E-state index in [0.717, 1.165) is 18.6 Å². The predicted molar refractivity (Wildman–Crippen MR) is 84.8 cm³/mol. The van der Waals surface area contributed by atoms with Crippen LogP contribution in [0, 0.1) is 0 Å². The molecule has 4 nitrogen and oxygen atoms in total. The Bertz CT molecular complexity index is 561. The minimum Gasteiger partial charge on any atom is -0.313 e. The number of piperidine rings is 1. The zero-order valence-electron chi connectivity index (χ0n) is 12.9. The van der Waals surface area contributed by atoms with Gasteiger partial charge in [-0.15, -0.1) is 0 Å². The molecular weight excluding hydrogens is 288 g/mol. The van der Waals surface area contributed by atoms with Gasteiger partial charge >= 0.3 is 5.97 Å². The summed E-state index contributed by atoms with van der Waals surface area (Å²) < 4.78 is 0. The molecule has 0 aliphatic carbocycles. The first-order valence-electron chi connectivity index (χ1n) is 6.99. The van der Waals surface area contributed by atoms with Crippen LogP contribution in [-0.2, 0) is 4.84 Å². The van der Waals surface area contributed by atoms with Crippen LogP contribution in [0.3, 0.4) is 0 Å². The van der Waals surface area contributed by atoms with Crippen LogP contribution in [0.4, 0.5) is 0 Å². The zero-order chi connectivity index (χ0) is 15.7. The summed E-state index contributed by atoms with van der Waals surface area (Å²) >= 11 is 5.97. The van der Waals surface area contributed by atoms with Crippen molar-refractivity contribution in [3.8, 4) is 0 Å². The molecule has 2 rings (SSSR count). The third-order valence-corrected chi connectivity index (χ3v) is 3.65. The van der Waals surface area contributed by atoms with E-state index in [1.54, 1.807) is 24.3 Å². The summed E-state index contributed by atoms with van der Waals surface area (Å²) in [5.41, 5.74) is 1.06. The average Bonchev–Trinajstić information content (AvgIpc) is 2.33. The van der Waals surface area contributed by atoms with Crippen molar-refractivity contribution < 1.29 is 9.63 Å². The number of oxime groups is 1. The number of nitrogens with zero attached hydrogens (tertiary/aromatic N) is 1. The van der Waals surface area contributed by atoms with Gasteiger partial charge in [0.1, 0.15) is 0 Å². The molecule has 0 radical (unpaired) electrons. The lowest BCUT2D eigenvalue weighted by Gasteiger charge is -2.42. The van der Waals surface area contributed by atoms with Crippen molar-refractivity contribution in [2.24, 2.45) is 5.16 Å². The monoisotopic (exact) mass is 308 g/mol. The summed E-state index contributed by atoms with van der Waals surface area (Å²) in [7, 11) is 0. The van der Waals surface area contributed by atoms with Crippen LogP contribution in [-0.4, -0.2) is 22.8 Å². The molecule has 0 unspecified atom stereocenters. The van der Waals surface area contributed by atoms with E-state index in [2.05, 4.69) is 38.2 Å². The fraction of sp³-hybridized carbons (Fsp3) is 0.500. The Kier molecular flexibility index (Phi) is 4.40. The summed E-state index contributed by atoms with van der Waals surface area (Å²) in [5.74, 6) is -0.526. The molecule has 0 amide bonds. The van der Waals surface area contributed by atoms with Crippen molar-refractivity contribution in [3.63, 3.8) is 0 Å². The molecule has 1 aliphatic rings. The lowest BCUT2D eigenvalue weighted by atomic mass is 9.81. The molecule has 1 N–H and O–H groups in total. The number of hydrogen-bond donors (Lipinski definition) is 1. The summed E-state index contributed by atoms with van der Waals surface area (Å²) in [6, 6.07) is 6.79. The van der Waals surface area contributed by atoms with Gasteiger partial charge in [0, 0.05) is 23.9 Å². The second-order valence-electron chi connectivity index (χ2n) is 6.76. The third-order valence-electron chi connectivity index (χ3n) is 3.32. The van der Waals surface area contributed by atoms with E-state index < -0.39 is 5.97 Å². The molecule has 0 bridgehead atoms. The topological polar surface area (TPSA) is 50.7 Å². The number of hydrogen-bond acceptors (Lipinski definition) is 4. The van der Waals surface area contributed by atoms with Gasteiger partial charge in [0.15, 0.2) is 0 Å². The van der Waals surface area contributed by atoms with Crippen molar-refractivity contribution in [3.05, 3.63) is 34.9 Å². The lowest BCUT2D eigenvalue weighted by molar-refractivity contribution is 0.0509. The van der Waals surface area contributed by atoms with Crippen molar-refractivity contribution in [1.82, 2.24) is 5.32 Å². The van der Waals surface area contributed by atoms with Crippen LogP contribution >= 0.6 is 11.6 Å². The van der Waals surface area contributed by atoms with Gasteiger partial charge in [0.2, 0.25) is 0 Å². The highest BCUT2D eigenvalue weighted by atomic mass is 35.5. The number of nitrogens with one attached hydrogen (secondary N) is 1. The Morgan fingerprint density at radius 1 is 1.19 bits per heavy atom. The summed E-state index contributed by atoms with van der Waals surface area (Å²) in [4.78, 5) is 17.1. The van der Waals surface area contributed by atoms with E-state index in [-0.39, 0.29) is 11.1 Å². The van der Waals surface area contributed by atoms with Gasteiger partial charge in [0.05, 0.1) is 16.3 Å². The summed E-state index contributed by atoms with van der Waals surface area (Å²) in [6.07, 6.45) is 1.48. The Morgan fingerprint density at radius 3 is 2.33 bits per heavy atom. The fourth-order valence-corrected chi connectivity index (χ4v) is 3.15. The molecule has 0 aromatic heterocycles. The van der Waals surface area contributed by atoms with Crippen molar-refractivity contribution >= 4 is 23.3 Å². The third kappa shape index (κ3) is 4.29. The van der Waals surface area contributed by atoms with Crippen LogP contribution in [0.15, 0.2) is 29.4 Å². The molecular formula is C16H21ClN2O2. The largest absolute Gasteiger partial charge is 0.367 e. The van der Waals surface area contributed by atoms with E-state index in [1.807, 2.05) is 0 Å². The Labute approximate surface area is 130 Å². The van der Waals surface area contributed by atoms with E-state index in [0.29, 0.717) is 10.6 Å². The van der Waals surface area contributed by atoms with Crippen molar-refractivity contribution in [2.75, 3.05) is 0 Å². The van der Waals surface area contributed by atoms with Gasteiger partial charge in [0.25, 0.3) is 0 Å². The minimum atomic E-state index is -0.526. The van der Waals surface area contributed by atoms with Crippen molar-refractivity contribution in [2.45, 2.75) is 51.6 Å². The number of carbonyl (C=O) groups excluding carboxylic acids is 1. The summed E-state index contributed by atoms with van der Waals surface area (Å²) in [6.45, 7) is 8.44. The maximum atomic E-state index is 12.0. The first-order valence-corrected chi connectivity index (χ1v) is 7.37. The molecule has 1 saturated heterocycles. The molecule has 1 aromatic carbocycles. The molecule has 21 heavy (non-hydrogen) atoms. The second kappa shape index (κ2) is 5.78. The molecule has 0 saturated carbocycles. The van der Waals surface area contributed by atoms with E-state index in [9.17, 15) is 4.79 Å². The number of carbonyl (C=O) groups is 1. The molecule has 1 aliphatic heterocycles. The highest BCUT2D eigenvalue weighted by Crippen LogP contribution is 2.27. The van der Waals surface area contributed by atoms with Crippen LogP contribution in [0.25, 0.3) is 0 Å². The van der Waals surface area contributed by atoms with Gasteiger partial charge in [-0.1, -0.05) is 28.9 Å². The van der Waals surface area contributed by atoms with Crippen LogP contribution < -0.4 is 5.32 Å². The zero-order valence-corrected chi connectivity index (χ0v) is 13.6. The maximum Gasteiger partial charge on any atom is 0.367 e. The highest BCUT2D eigenvalue weighted by Gasteiger charge is 2.36. The lowest BCUT2D eigenvalue weighted by Crippen LogP contribution is -2.58. The van der Waals surface area contributed by atoms with Crippen LogP contribution in [0.5, 0.6) is 0 Å². The van der Waals surface area contributed by atoms with E-state index >= 15 is 0 Å². The molecule has 114 valence electrons. The summed E-state index contributed by atoms with van der Waals surface area (Å²) in [5, 5.41) is 7.98. The standard InChI is InChI=1S/C16H21ClN2O2/c1-15(2)9-11(10-16(3,4)19-15)18-21-14(20)12-7-5-6-8-13(12)17/h5-8,19H,9-10H2,1-4H3. The Hall–Kier alpha value is -1.39. The van der Waals surface area contributed by atoms with Gasteiger partial charge in [-0.05, 0) is 39.8 Å². The van der Waals surface area contributed by atoms with E-state index in [4.69, 9.17) is 16.4 Å². The minimum absolute atomic E-state index is 0.0720. The number of halogens is 1. The molecule has 1 heterocycles. The average molecular weight is 309 g/mol. The van der Waals surface area contributed by atoms with Gasteiger partial charge in [-0.3, -0.25) is 0 Å². The SMILES string of the molecule is CC1(C)CC(=NOC(=O)c2ccccc2Cl)CC(C)(C)N1. The predicted octanol–water partition coefficient (Wildman–Crippen LogP) is 3.79. The van der Waals surface area contributed by atoms with Gasteiger partial charge in [-0.2, -0.15) is 0 Å². The molecule has 0 spiro atoms. The molecule has 1 aromatic rings.